The van der Waals surface area contributed by atoms with Crippen LogP contribution in [0, 0.1) is 0 Å². The van der Waals surface area contributed by atoms with Gasteiger partial charge in [-0.05, 0) is 0 Å². The largest absolute Gasteiger partial charge is 1.00 e. The molecule has 0 spiro atoms. The number of anilines is 2. The van der Waals surface area contributed by atoms with Crippen molar-refractivity contribution in [3.8, 4) is 0 Å². The van der Waals surface area contributed by atoms with Crippen LogP contribution < -0.4 is 33.8 Å². The highest BCUT2D eigenvalue weighted by Gasteiger charge is 2.22. The molecule has 1 aliphatic heterocycles. The smallest absolute Gasteiger partial charge is 0.233 e. The first-order valence-electron chi connectivity index (χ1n) is 4.90. The van der Waals surface area contributed by atoms with Gasteiger partial charge in [0.1, 0.15) is 12.4 Å². The van der Waals surface area contributed by atoms with Gasteiger partial charge in [-0.15, -0.1) is 0 Å². The Balaban J connectivity index is 0.000000963. The van der Waals surface area contributed by atoms with Gasteiger partial charge in [0.2, 0.25) is 11.7 Å². The van der Waals surface area contributed by atoms with Crippen molar-refractivity contribution in [1.29, 1.82) is 0 Å². The lowest BCUT2D eigenvalue weighted by molar-refractivity contribution is -0.675. The maximum atomic E-state index is 5.82. The molecular weight excluding hydrogens is 274 g/mol. The number of hydrogen-bond acceptors (Lipinski definition) is 5. The topological polar surface area (TPSA) is 108 Å². The lowest BCUT2D eigenvalue weighted by Crippen LogP contribution is -3.00. The Bertz CT molecular complexity index is 538. The molecular formula is C9H12BrN5O. The zero-order valence-corrected chi connectivity index (χ0v) is 10.1. The molecule has 7 heteroatoms. The van der Waals surface area contributed by atoms with Crippen LogP contribution >= 0.6 is 0 Å². The fourth-order valence-corrected chi connectivity index (χ4v) is 2.06. The van der Waals surface area contributed by atoms with Crippen LogP contribution in [-0.4, -0.2) is 16.5 Å². The maximum absolute atomic E-state index is 5.82. The van der Waals surface area contributed by atoms with Crippen LogP contribution in [0.2, 0.25) is 0 Å². The lowest BCUT2D eigenvalue weighted by atomic mass is 10.1. The maximum Gasteiger partial charge on any atom is 0.233 e. The summed E-state index contributed by atoms with van der Waals surface area (Å²) in [7, 11) is 0. The van der Waals surface area contributed by atoms with E-state index in [1.807, 2.05) is 0 Å². The second kappa shape index (κ2) is 3.91. The van der Waals surface area contributed by atoms with E-state index >= 15 is 0 Å². The highest BCUT2D eigenvalue weighted by Crippen LogP contribution is 2.29. The van der Waals surface area contributed by atoms with Gasteiger partial charge in [-0.25, -0.2) is 0 Å². The van der Waals surface area contributed by atoms with Crippen LogP contribution in [0.25, 0.3) is 11.1 Å². The average Bonchev–Trinajstić information content (AvgIpc) is 2.54. The number of aromatic nitrogens is 2. The predicted octanol–water partition coefficient (Wildman–Crippen LogP) is -3.99. The Hall–Kier alpha value is -1.34. The molecule has 86 valence electrons. The Kier molecular flexibility index (Phi) is 2.73. The van der Waals surface area contributed by atoms with Crippen LogP contribution in [0.15, 0.2) is 4.42 Å². The molecule has 0 fully saturated rings. The van der Waals surface area contributed by atoms with Crippen LogP contribution in [0.4, 0.5) is 11.8 Å². The van der Waals surface area contributed by atoms with Crippen molar-refractivity contribution in [3.05, 3.63) is 11.3 Å². The molecule has 0 radical (unpaired) electrons. The monoisotopic (exact) mass is 285 g/mol. The number of furan rings is 1. The van der Waals surface area contributed by atoms with Crippen molar-refractivity contribution < 1.29 is 26.7 Å². The van der Waals surface area contributed by atoms with Gasteiger partial charge in [-0.3, -0.25) is 0 Å². The SMILES string of the molecule is Nc1nc(N)c2c3c(oc2n1)C[NH2+]CC3.[Br-]. The highest BCUT2D eigenvalue weighted by molar-refractivity contribution is 5.89. The van der Waals surface area contributed by atoms with Crippen LogP contribution in [0.1, 0.15) is 11.3 Å². The summed E-state index contributed by atoms with van der Waals surface area (Å²) in [5, 5.41) is 3.03. The van der Waals surface area contributed by atoms with E-state index in [0.29, 0.717) is 11.5 Å². The van der Waals surface area contributed by atoms with E-state index in [2.05, 4.69) is 15.3 Å². The van der Waals surface area contributed by atoms with E-state index in [1.54, 1.807) is 0 Å². The summed E-state index contributed by atoms with van der Waals surface area (Å²) in [5.41, 5.74) is 13.0. The number of fused-ring (bicyclic) bond motifs is 3. The molecule has 16 heavy (non-hydrogen) atoms. The minimum atomic E-state index is 0. The van der Waals surface area contributed by atoms with E-state index < -0.39 is 0 Å². The molecule has 2 aromatic rings. The van der Waals surface area contributed by atoms with E-state index in [-0.39, 0.29) is 22.9 Å². The van der Waals surface area contributed by atoms with Crippen molar-refractivity contribution in [2.75, 3.05) is 18.0 Å². The van der Waals surface area contributed by atoms with Gasteiger partial charge < -0.3 is 38.2 Å². The molecule has 0 saturated carbocycles. The minimum absolute atomic E-state index is 0. The Morgan fingerprint density at radius 2 is 2.06 bits per heavy atom. The van der Waals surface area contributed by atoms with Gasteiger partial charge in [-0.1, -0.05) is 0 Å². The molecule has 0 bridgehead atoms. The molecule has 3 rings (SSSR count). The first-order chi connectivity index (χ1) is 7.25. The van der Waals surface area contributed by atoms with E-state index in [4.69, 9.17) is 15.9 Å². The van der Waals surface area contributed by atoms with Gasteiger partial charge in [0.15, 0.2) is 5.76 Å². The number of hydrogen-bond donors (Lipinski definition) is 3. The van der Waals surface area contributed by atoms with Gasteiger partial charge in [0.05, 0.1) is 11.9 Å². The molecule has 0 atom stereocenters. The third-order valence-electron chi connectivity index (χ3n) is 2.71. The number of nitrogens with zero attached hydrogens (tertiary/aromatic N) is 2. The van der Waals surface area contributed by atoms with Gasteiger partial charge in [0, 0.05) is 12.0 Å². The summed E-state index contributed by atoms with van der Waals surface area (Å²) in [6.07, 6.45) is 0.944. The van der Waals surface area contributed by atoms with Gasteiger partial charge in [-0.2, -0.15) is 9.97 Å². The van der Waals surface area contributed by atoms with Crippen LogP contribution in [0.3, 0.4) is 0 Å². The molecule has 2 aromatic heterocycles. The minimum Gasteiger partial charge on any atom is -1.00 e. The molecule has 0 saturated heterocycles. The summed E-state index contributed by atoms with van der Waals surface area (Å²) in [4.78, 5) is 8.00. The third-order valence-corrected chi connectivity index (χ3v) is 2.71. The molecule has 0 aromatic carbocycles. The summed E-state index contributed by atoms with van der Waals surface area (Å²) in [6.45, 7) is 1.89. The number of halogens is 1. The summed E-state index contributed by atoms with van der Waals surface area (Å²) in [6, 6.07) is 0. The van der Waals surface area contributed by atoms with Gasteiger partial charge >= 0.3 is 0 Å². The second-order valence-electron chi connectivity index (χ2n) is 3.68. The number of quaternary nitrogens is 1. The zero-order valence-electron chi connectivity index (χ0n) is 8.53. The summed E-state index contributed by atoms with van der Waals surface area (Å²) in [5.74, 6) is 1.53. The van der Waals surface area contributed by atoms with Crippen molar-refractivity contribution in [2.45, 2.75) is 13.0 Å². The van der Waals surface area contributed by atoms with Crippen molar-refractivity contribution in [3.63, 3.8) is 0 Å². The standard InChI is InChI=1S/C9H11N5O.BrH/c10-7-6-4-1-2-12-3-5(4)15-8(6)14-9(11)13-7;/h12H,1-3H2,(H4,10,11,13,14);1H. The number of rotatable bonds is 0. The molecule has 0 unspecified atom stereocenters. The fraction of sp³-hybridized carbons (Fsp3) is 0.333. The van der Waals surface area contributed by atoms with E-state index in [1.165, 1.54) is 0 Å². The fourth-order valence-electron chi connectivity index (χ4n) is 2.06. The molecule has 0 aliphatic carbocycles. The normalized spacial score (nSPS) is 14.5. The van der Waals surface area contributed by atoms with Crippen LogP contribution in [0.5, 0.6) is 0 Å². The molecule has 1 aliphatic rings. The summed E-state index contributed by atoms with van der Waals surface area (Å²) < 4.78 is 5.61. The predicted molar refractivity (Wildman–Crippen MR) is 54.8 cm³/mol. The third kappa shape index (κ3) is 1.52. The molecule has 0 amide bonds. The average molecular weight is 286 g/mol. The van der Waals surface area contributed by atoms with E-state index in [0.717, 1.165) is 36.2 Å². The first kappa shape index (κ1) is 11.2. The van der Waals surface area contributed by atoms with Crippen molar-refractivity contribution >= 4 is 22.9 Å². The van der Waals surface area contributed by atoms with Crippen molar-refractivity contribution in [1.82, 2.24) is 9.97 Å². The van der Waals surface area contributed by atoms with E-state index in [9.17, 15) is 0 Å². The first-order valence-corrected chi connectivity index (χ1v) is 4.90. The Morgan fingerprint density at radius 1 is 1.25 bits per heavy atom. The quantitative estimate of drug-likeness (QED) is 0.458. The number of nitrogen functional groups attached to an aromatic ring is 2. The highest BCUT2D eigenvalue weighted by atomic mass is 79.9. The second-order valence-corrected chi connectivity index (χ2v) is 3.68. The zero-order chi connectivity index (χ0) is 10.4. The molecule has 6 N–H and O–H groups in total. The molecule has 6 nitrogen and oxygen atoms in total. The van der Waals surface area contributed by atoms with Crippen LogP contribution in [-0.2, 0) is 13.0 Å². The Labute approximate surface area is 102 Å². The lowest BCUT2D eigenvalue weighted by Gasteiger charge is -2.07. The molecule has 3 heterocycles. The number of nitrogens with two attached hydrogens (primary N) is 3. The van der Waals surface area contributed by atoms with Gasteiger partial charge in [0.25, 0.3) is 0 Å². The van der Waals surface area contributed by atoms with Crippen molar-refractivity contribution in [2.24, 2.45) is 0 Å². The Morgan fingerprint density at radius 3 is 2.88 bits per heavy atom. The summed E-state index contributed by atoms with van der Waals surface area (Å²) >= 11 is 0.